The number of nitrogens with one attached hydrogen (secondary N) is 2. The molecular formula is C25H25N5O2S2. The summed E-state index contributed by atoms with van der Waals surface area (Å²) < 4.78 is 1.86. The average molecular weight is 492 g/mol. The third-order valence-electron chi connectivity index (χ3n) is 7.06. The van der Waals surface area contributed by atoms with Gasteiger partial charge in [-0.05, 0) is 65.5 Å². The summed E-state index contributed by atoms with van der Waals surface area (Å²) in [7, 11) is 0. The van der Waals surface area contributed by atoms with Gasteiger partial charge in [-0.3, -0.25) is 9.59 Å². The third-order valence-corrected chi connectivity index (χ3v) is 9.21. The normalized spacial score (nSPS) is 24.6. The Morgan fingerprint density at radius 1 is 1.21 bits per heavy atom. The second-order valence-corrected chi connectivity index (χ2v) is 11.1. The van der Waals surface area contributed by atoms with E-state index in [2.05, 4.69) is 10.6 Å². The Kier molecular flexibility index (Phi) is 5.02. The topological polar surface area (TPSA) is 136 Å². The number of fused-ring (bicyclic) bond motifs is 1. The van der Waals surface area contributed by atoms with Crippen LogP contribution in [0.5, 0.6) is 0 Å². The first-order chi connectivity index (χ1) is 16.4. The van der Waals surface area contributed by atoms with E-state index >= 15 is 0 Å². The summed E-state index contributed by atoms with van der Waals surface area (Å²) in [5.41, 5.74) is 20.8. The van der Waals surface area contributed by atoms with Gasteiger partial charge in [-0.25, -0.2) is 0 Å². The van der Waals surface area contributed by atoms with Crippen molar-refractivity contribution in [2.75, 3.05) is 18.8 Å². The maximum Gasteiger partial charge on any atom is 0.262 e. The fourth-order valence-electron chi connectivity index (χ4n) is 5.29. The van der Waals surface area contributed by atoms with Gasteiger partial charge in [0.15, 0.2) is 5.78 Å². The molecule has 2 aromatic heterocycles. The Hall–Kier alpha value is -2.82. The molecule has 6 rings (SSSR count). The number of Topliss-reactive ketones (excluding diaryl/α,β-unsaturated/α-hetero) is 1. The van der Waals surface area contributed by atoms with Crippen molar-refractivity contribution in [3.8, 4) is 0 Å². The maximum atomic E-state index is 13.9. The zero-order valence-corrected chi connectivity index (χ0v) is 20.0. The molecule has 0 radical (unpaired) electrons. The number of nitrogens with two attached hydrogens (primary N) is 3. The van der Waals surface area contributed by atoms with Crippen molar-refractivity contribution in [3.63, 3.8) is 0 Å². The highest BCUT2D eigenvalue weighted by atomic mass is 32.1. The van der Waals surface area contributed by atoms with Crippen LogP contribution in [0.25, 0.3) is 20.2 Å². The third kappa shape index (κ3) is 3.05. The standard InChI is InChI=1S/C25H25N5O2S2/c26-16-5-4-15-18-19(22(34-21(16)18)24(32)30-14-2-1-8-29-11-14)20(27)23(31)25(15,28)13-3-6-17-12(10-13)7-9-33-17/h3-7,9-10,14,20,29H,1-2,8,11,26-28H2,(H,30,32). The lowest BCUT2D eigenvalue weighted by Crippen LogP contribution is -2.52. The van der Waals surface area contributed by atoms with Gasteiger partial charge in [0.1, 0.15) is 5.54 Å². The van der Waals surface area contributed by atoms with Gasteiger partial charge in [-0.2, -0.15) is 0 Å². The first-order valence-electron chi connectivity index (χ1n) is 11.3. The number of amides is 1. The fraction of sp³-hybridized carbons (Fsp3) is 0.280. The minimum Gasteiger partial charge on any atom is -0.398 e. The monoisotopic (exact) mass is 491 g/mol. The number of thiophene rings is 2. The lowest BCUT2D eigenvalue weighted by atomic mass is 9.70. The molecule has 1 aliphatic carbocycles. The molecule has 174 valence electrons. The van der Waals surface area contributed by atoms with Crippen molar-refractivity contribution in [1.82, 2.24) is 10.6 Å². The Balaban J connectivity index is 1.54. The minimum atomic E-state index is -1.43. The van der Waals surface area contributed by atoms with Crippen molar-refractivity contribution < 1.29 is 9.59 Å². The van der Waals surface area contributed by atoms with E-state index in [1.54, 1.807) is 17.4 Å². The number of carbonyl (C=O) groups excluding carboxylic acids is 2. The number of rotatable bonds is 3. The lowest BCUT2D eigenvalue weighted by molar-refractivity contribution is -0.124. The molecule has 4 aromatic rings. The molecule has 7 nitrogen and oxygen atoms in total. The summed E-state index contributed by atoms with van der Waals surface area (Å²) in [6.45, 7) is 1.68. The lowest BCUT2D eigenvalue weighted by Gasteiger charge is -2.36. The molecule has 0 bridgehead atoms. The van der Waals surface area contributed by atoms with Crippen LogP contribution in [0.3, 0.4) is 0 Å². The van der Waals surface area contributed by atoms with Gasteiger partial charge in [-0.1, -0.05) is 12.1 Å². The number of piperidine rings is 1. The highest BCUT2D eigenvalue weighted by Crippen LogP contribution is 2.49. The van der Waals surface area contributed by atoms with Crippen molar-refractivity contribution in [3.05, 3.63) is 63.3 Å². The molecule has 34 heavy (non-hydrogen) atoms. The predicted octanol–water partition coefficient (Wildman–Crippen LogP) is 2.96. The Morgan fingerprint density at radius 3 is 2.85 bits per heavy atom. The molecule has 3 unspecified atom stereocenters. The van der Waals surface area contributed by atoms with E-state index in [-0.39, 0.29) is 17.7 Å². The van der Waals surface area contributed by atoms with Gasteiger partial charge < -0.3 is 27.8 Å². The highest BCUT2D eigenvalue weighted by Gasteiger charge is 2.48. The molecular weight excluding hydrogens is 466 g/mol. The molecule has 0 saturated carbocycles. The van der Waals surface area contributed by atoms with E-state index < -0.39 is 11.6 Å². The molecule has 1 amide bonds. The SMILES string of the molecule is Nc1ccc2c3c(c(C(=O)NC4CCCNC4)sc13)C(N)C(=O)C2(N)c1ccc2sccc2c1. The van der Waals surface area contributed by atoms with Crippen LogP contribution in [0.15, 0.2) is 41.8 Å². The molecule has 9 heteroatoms. The van der Waals surface area contributed by atoms with E-state index in [0.29, 0.717) is 27.3 Å². The minimum absolute atomic E-state index is 0.0388. The maximum absolute atomic E-state index is 13.9. The van der Waals surface area contributed by atoms with Gasteiger partial charge in [-0.15, -0.1) is 22.7 Å². The van der Waals surface area contributed by atoms with E-state index in [1.807, 2.05) is 35.7 Å². The van der Waals surface area contributed by atoms with Crippen LogP contribution in [-0.4, -0.2) is 30.8 Å². The van der Waals surface area contributed by atoms with Crippen molar-refractivity contribution in [1.29, 1.82) is 0 Å². The highest BCUT2D eigenvalue weighted by molar-refractivity contribution is 7.21. The van der Waals surface area contributed by atoms with Gasteiger partial charge in [0.25, 0.3) is 5.91 Å². The summed E-state index contributed by atoms with van der Waals surface area (Å²) in [6.07, 6.45) is 1.91. The average Bonchev–Trinajstić information content (AvgIpc) is 3.48. The second-order valence-electron chi connectivity index (χ2n) is 9.09. The summed E-state index contributed by atoms with van der Waals surface area (Å²) in [5, 5.41) is 10.2. The molecule has 3 heterocycles. The summed E-state index contributed by atoms with van der Waals surface area (Å²) >= 11 is 2.92. The van der Waals surface area contributed by atoms with Crippen LogP contribution >= 0.6 is 22.7 Å². The number of hydrogen-bond acceptors (Lipinski definition) is 8. The van der Waals surface area contributed by atoms with Crippen LogP contribution in [0.2, 0.25) is 0 Å². The van der Waals surface area contributed by atoms with Gasteiger partial charge in [0.2, 0.25) is 0 Å². The molecule has 2 aromatic carbocycles. The zero-order chi connectivity index (χ0) is 23.6. The number of anilines is 1. The van der Waals surface area contributed by atoms with E-state index in [4.69, 9.17) is 17.2 Å². The summed E-state index contributed by atoms with van der Waals surface area (Å²) in [5.74, 6) is -0.546. The Labute approximate surface area is 204 Å². The van der Waals surface area contributed by atoms with E-state index in [1.165, 1.54) is 11.3 Å². The predicted molar refractivity (Wildman–Crippen MR) is 138 cm³/mol. The van der Waals surface area contributed by atoms with Crippen molar-refractivity contribution >= 4 is 60.2 Å². The largest absolute Gasteiger partial charge is 0.398 e. The molecule has 1 aliphatic heterocycles. The van der Waals surface area contributed by atoms with Crippen LogP contribution in [0.4, 0.5) is 5.69 Å². The van der Waals surface area contributed by atoms with Crippen molar-refractivity contribution in [2.24, 2.45) is 11.5 Å². The number of ketones is 1. The van der Waals surface area contributed by atoms with E-state index in [9.17, 15) is 9.59 Å². The number of hydrogen-bond donors (Lipinski definition) is 5. The first-order valence-corrected chi connectivity index (χ1v) is 13.0. The van der Waals surface area contributed by atoms with Crippen LogP contribution in [-0.2, 0) is 10.3 Å². The molecule has 2 aliphatic rings. The van der Waals surface area contributed by atoms with Crippen LogP contribution < -0.4 is 27.8 Å². The van der Waals surface area contributed by atoms with Gasteiger partial charge in [0.05, 0.1) is 15.6 Å². The van der Waals surface area contributed by atoms with Gasteiger partial charge >= 0.3 is 0 Å². The molecule has 1 fully saturated rings. The second kappa shape index (κ2) is 7.86. The molecule has 8 N–H and O–H groups in total. The van der Waals surface area contributed by atoms with Crippen molar-refractivity contribution in [2.45, 2.75) is 30.5 Å². The molecule has 3 atom stereocenters. The quantitative estimate of drug-likeness (QED) is 0.280. The fourth-order valence-corrected chi connectivity index (χ4v) is 7.26. The first kappa shape index (κ1) is 21.7. The molecule has 0 spiro atoms. The Morgan fingerprint density at radius 2 is 2.06 bits per heavy atom. The summed E-state index contributed by atoms with van der Waals surface area (Å²) in [4.78, 5) is 27.6. The number of carbonyl (C=O) groups is 2. The van der Waals surface area contributed by atoms with Crippen LogP contribution in [0.1, 0.15) is 45.2 Å². The summed E-state index contributed by atoms with van der Waals surface area (Å²) in [6, 6.07) is 10.4. The van der Waals surface area contributed by atoms with Gasteiger partial charge in [0, 0.05) is 33.9 Å². The Bertz CT molecular complexity index is 1470. The number of nitrogen functional groups attached to an aromatic ring is 1. The molecule has 1 saturated heterocycles. The zero-order valence-electron chi connectivity index (χ0n) is 18.4. The van der Waals surface area contributed by atoms with E-state index in [0.717, 1.165) is 46.1 Å². The number of benzene rings is 2. The smallest absolute Gasteiger partial charge is 0.262 e. The van der Waals surface area contributed by atoms with Crippen LogP contribution in [0, 0.1) is 0 Å².